The maximum atomic E-state index is 11.0. The summed E-state index contributed by atoms with van der Waals surface area (Å²) in [5, 5.41) is 5.04. The van der Waals surface area contributed by atoms with E-state index in [0.717, 1.165) is 15.8 Å². The van der Waals surface area contributed by atoms with Gasteiger partial charge in [-0.2, -0.15) is 0 Å². The molecule has 0 heterocycles. The number of ether oxygens (including phenoxy) is 1. The van der Waals surface area contributed by atoms with Crippen molar-refractivity contribution in [2.75, 3.05) is 12.4 Å². The van der Waals surface area contributed by atoms with Crippen molar-refractivity contribution < 1.29 is 13.2 Å². The molecule has 1 aromatic rings. The van der Waals surface area contributed by atoms with Gasteiger partial charge < -0.3 is 4.74 Å². The largest absolute Gasteiger partial charge is 0.493 e. The van der Waals surface area contributed by atoms with Crippen LogP contribution in [0.25, 0.3) is 0 Å². The third-order valence-corrected chi connectivity index (χ3v) is 4.09. The molecule has 1 rings (SSSR count). The van der Waals surface area contributed by atoms with Gasteiger partial charge in [0.1, 0.15) is 5.75 Å². The topological polar surface area (TPSA) is 69.4 Å². The minimum absolute atomic E-state index is 0.0426. The van der Waals surface area contributed by atoms with Gasteiger partial charge in [-0.3, -0.25) is 0 Å². The van der Waals surface area contributed by atoms with Crippen molar-refractivity contribution in [3.8, 4) is 5.75 Å². The Hall–Kier alpha value is -0.590. The number of rotatable bonds is 6. The third kappa shape index (κ3) is 5.37. The molecule has 1 unspecified atom stereocenters. The van der Waals surface area contributed by atoms with E-state index in [1.54, 1.807) is 0 Å². The maximum Gasteiger partial charge on any atom is 0.209 e. The average molecular weight is 336 g/mol. The van der Waals surface area contributed by atoms with E-state index in [2.05, 4.69) is 15.9 Å². The molecule has 0 aliphatic heterocycles. The van der Waals surface area contributed by atoms with Crippen molar-refractivity contribution in [1.29, 1.82) is 0 Å². The van der Waals surface area contributed by atoms with Crippen molar-refractivity contribution >= 4 is 26.0 Å². The summed E-state index contributed by atoms with van der Waals surface area (Å²) in [7, 11) is -3.44. The standard InChI is InChI=1S/C12H18BrNO3S/c1-3-10(8-18(14,15)16)7-17-12-5-4-11(13)6-9(12)2/h4-6,10H,3,7-8H2,1-2H3,(H2,14,15,16). The highest BCUT2D eigenvalue weighted by Crippen LogP contribution is 2.23. The van der Waals surface area contributed by atoms with Gasteiger partial charge in [0.05, 0.1) is 12.4 Å². The minimum atomic E-state index is -3.44. The fourth-order valence-corrected chi connectivity index (χ4v) is 3.06. The molecule has 0 aliphatic rings. The number of halogens is 1. The van der Waals surface area contributed by atoms with Gasteiger partial charge in [-0.15, -0.1) is 0 Å². The van der Waals surface area contributed by atoms with Crippen molar-refractivity contribution in [3.05, 3.63) is 28.2 Å². The quantitative estimate of drug-likeness (QED) is 0.867. The Morgan fingerprint density at radius 2 is 2.11 bits per heavy atom. The van der Waals surface area contributed by atoms with Crippen LogP contribution in [0, 0.1) is 12.8 Å². The molecule has 0 radical (unpaired) electrons. The van der Waals surface area contributed by atoms with Gasteiger partial charge >= 0.3 is 0 Å². The normalized spacial score (nSPS) is 13.3. The zero-order chi connectivity index (χ0) is 13.8. The molecule has 6 heteroatoms. The van der Waals surface area contributed by atoms with Gasteiger partial charge in [0.15, 0.2) is 0 Å². The van der Waals surface area contributed by atoms with Crippen molar-refractivity contribution in [1.82, 2.24) is 0 Å². The van der Waals surface area contributed by atoms with Crippen LogP contribution in [0.2, 0.25) is 0 Å². The van der Waals surface area contributed by atoms with Crippen molar-refractivity contribution in [3.63, 3.8) is 0 Å². The second kappa shape index (κ2) is 6.54. The van der Waals surface area contributed by atoms with E-state index < -0.39 is 10.0 Å². The molecule has 0 amide bonds. The SMILES string of the molecule is CCC(COc1ccc(Br)cc1C)CS(N)(=O)=O. The molecule has 0 aliphatic carbocycles. The summed E-state index contributed by atoms with van der Waals surface area (Å²) in [6.07, 6.45) is 0.714. The van der Waals surface area contributed by atoms with Crippen molar-refractivity contribution in [2.45, 2.75) is 20.3 Å². The third-order valence-electron chi connectivity index (χ3n) is 2.66. The lowest BCUT2D eigenvalue weighted by molar-refractivity contribution is 0.256. The molecule has 0 saturated heterocycles. The first-order chi connectivity index (χ1) is 8.31. The minimum Gasteiger partial charge on any atom is -0.493 e. The van der Waals surface area contributed by atoms with Crippen LogP contribution in [0.4, 0.5) is 0 Å². The molecule has 1 atom stereocenters. The Morgan fingerprint density at radius 1 is 1.44 bits per heavy atom. The Kier molecular flexibility index (Phi) is 5.62. The smallest absolute Gasteiger partial charge is 0.209 e. The Balaban J connectivity index is 2.62. The molecule has 1 aromatic carbocycles. The van der Waals surface area contributed by atoms with Gasteiger partial charge in [0.2, 0.25) is 10.0 Å². The van der Waals surface area contributed by atoms with Crippen LogP contribution in [0.15, 0.2) is 22.7 Å². The first-order valence-electron chi connectivity index (χ1n) is 5.71. The number of sulfonamides is 1. The number of nitrogens with two attached hydrogens (primary N) is 1. The monoisotopic (exact) mass is 335 g/mol. The van der Waals surface area contributed by atoms with E-state index in [0.29, 0.717) is 13.0 Å². The van der Waals surface area contributed by atoms with Crippen LogP contribution >= 0.6 is 15.9 Å². The van der Waals surface area contributed by atoms with E-state index in [9.17, 15) is 8.42 Å². The van der Waals surface area contributed by atoms with Gasteiger partial charge in [-0.05, 0) is 37.1 Å². The molecular weight excluding hydrogens is 318 g/mol. The lowest BCUT2D eigenvalue weighted by atomic mass is 10.1. The number of hydrogen-bond acceptors (Lipinski definition) is 3. The molecule has 0 spiro atoms. The number of benzene rings is 1. The van der Waals surface area contributed by atoms with Crippen LogP contribution in [0.5, 0.6) is 5.75 Å². The van der Waals surface area contributed by atoms with Crippen LogP contribution in [-0.4, -0.2) is 20.8 Å². The summed E-state index contributed by atoms with van der Waals surface area (Å²) in [4.78, 5) is 0. The number of hydrogen-bond donors (Lipinski definition) is 1. The maximum absolute atomic E-state index is 11.0. The van der Waals surface area contributed by atoms with E-state index in [1.165, 1.54) is 0 Å². The molecule has 4 nitrogen and oxygen atoms in total. The predicted molar refractivity (Wildman–Crippen MR) is 76.1 cm³/mol. The lowest BCUT2D eigenvalue weighted by Gasteiger charge is -2.16. The molecular formula is C12H18BrNO3S. The molecule has 0 fully saturated rings. The van der Waals surface area contributed by atoms with Gasteiger partial charge in [0.25, 0.3) is 0 Å². The first-order valence-corrected chi connectivity index (χ1v) is 8.22. The second-order valence-electron chi connectivity index (χ2n) is 4.32. The number of aryl methyl sites for hydroxylation is 1. The zero-order valence-electron chi connectivity index (χ0n) is 10.5. The fraction of sp³-hybridized carbons (Fsp3) is 0.500. The summed E-state index contributed by atoms with van der Waals surface area (Å²) in [6, 6.07) is 5.71. The molecule has 2 N–H and O–H groups in total. The summed E-state index contributed by atoms with van der Waals surface area (Å²) in [6.45, 7) is 4.23. The molecule has 0 aromatic heterocycles. The average Bonchev–Trinajstić information content (AvgIpc) is 2.24. The fourth-order valence-electron chi connectivity index (χ4n) is 1.59. The number of primary sulfonamides is 1. The summed E-state index contributed by atoms with van der Waals surface area (Å²) in [5.74, 6) is 0.646. The second-order valence-corrected chi connectivity index (χ2v) is 6.90. The van der Waals surface area contributed by atoms with Crippen LogP contribution < -0.4 is 9.88 Å². The van der Waals surface area contributed by atoms with Crippen molar-refractivity contribution in [2.24, 2.45) is 11.1 Å². The van der Waals surface area contributed by atoms with E-state index in [4.69, 9.17) is 9.88 Å². The zero-order valence-corrected chi connectivity index (χ0v) is 12.9. The molecule has 102 valence electrons. The Bertz CT molecular complexity index is 502. The molecule has 0 saturated carbocycles. The van der Waals surface area contributed by atoms with E-state index >= 15 is 0 Å². The predicted octanol–water partition coefficient (Wildman–Crippen LogP) is 2.45. The lowest BCUT2D eigenvalue weighted by Crippen LogP contribution is -2.26. The highest BCUT2D eigenvalue weighted by Gasteiger charge is 2.15. The molecule has 18 heavy (non-hydrogen) atoms. The van der Waals surface area contributed by atoms with E-state index in [1.807, 2.05) is 32.0 Å². The first kappa shape index (κ1) is 15.5. The summed E-state index contributed by atoms with van der Waals surface area (Å²) < 4.78 is 28.7. The van der Waals surface area contributed by atoms with Crippen LogP contribution in [0.1, 0.15) is 18.9 Å². The van der Waals surface area contributed by atoms with Gasteiger partial charge in [0, 0.05) is 10.4 Å². The van der Waals surface area contributed by atoms with E-state index in [-0.39, 0.29) is 11.7 Å². The molecule has 0 bridgehead atoms. The van der Waals surface area contributed by atoms with Gasteiger partial charge in [-0.25, -0.2) is 13.6 Å². The Morgan fingerprint density at radius 3 is 2.61 bits per heavy atom. The van der Waals surface area contributed by atoms with Gasteiger partial charge in [-0.1, -0.05) is 22.9 Å². The summed E-state index contributed by atoms with van der Waals surface area (Å²) in [5.41, 5.74) is 1.01. The summed E-state index contributed by atoms with van der Waals surface area (Å²) >= 11 is 3.38. The van der Waals surface area contributed by atoms with Crippen LogP contribution in [-0.2, 0) is 10.0 Å². The van der Waals surface area contributed by atoms with Crippen LogP contribution in [0.3, 0.4) is 0 Å². The Labute approximate surface area is 117 Å². The highest BCUT2D eigenvalue weighted by molar-refractivity contribution is 9.10. The highest BCUT2D eigenvalue weighted by atomic mass is 79.9.